The highest BCUT2D eigenvalue weighted by Crippen LogP contribution is 2.31. The Hall–Kier alpha value is -3.55. The second-order valence-corrected chi connectivity index (χ2v) is 7.38. The number of carbonyl (C=O) groups is 3. The molecule has 0 spiro atoms. The molecule has 0 saturated carbocycles. The van der Waals surface area contributed by atoms with Gasteiger partial charge in [-0.2, -0.15) is 0 Å². The number of rotatable bonds is 7. The van der Waals surface area contributed by atoms with Gasteiger partial charge in [-0.3, -0.25) is 24.6 Å². The fourth-order valence-corrected chi connectivity index (χ4v) is 3.61. The monoisotopic (exact) mass is 409 g/mol. The van der Waals surface area contributed by atoms with E-state index < -0.39 is 28.9 Å². The predicted molar refractivity (Wildman–Crippen MR) is 110 cm³/mol. The first kappa shape index (κ1) is 21.2. The summed E-state index contributed by atoms with van der Waals surface area (Å²) in [5, 5.41) is 13.7. The number of urea groups is 1. The van der Waals surface area contributed by atoms with Crippen LogP contribution < -0.4 is 5.32 Å². The molecule has 1 unspecified atom stereocenters. The zero-order valence-electron chi connectivity index (χ0n) is 17.1. The highest BCUT2D eigenvalue weighted by atomic mass is 16.6. The Morgan fingerprint density at radius 3 is 2.50 bits per heavy atom. The van der Waals surface area contributed by atoms with Crippen LogP contribution in [0.4, 0.5) is 10.5 Å². The normalized spacial score (nSPS) is 18.4. The molecule has 1 aliphatic rings. The average Bonchev–Trinajstić information content (AvgIpc) is 2.97. The van der Waals surface area contributed by atoms with E-state index in [4.69, 9.17) is 0 Å². The van der Waals surface area contributed by atoms with Crippen LogP contribution in [0.3, 0.4) is 0 Å². The van der Waals surface area contributed by atoms with E-state index in [-0.39, 0.29) is 17.0 Å². The number of benzene rings is 2. The highest BCUT2D eigenvalue weighted by Gasteiger charge is 2.49. The van der Waals surface area contributed by atoms with Crippen molar-refractivity contribution >= 4 is 23.4 Å². The van der Waals surface area contributed by atoms with Crippen LogP contribution in [0.15, 0.2) is 42.5 Å². The topological polar surface area (TPSA) is 110 Å². The van der Waals surface area contributed by atoms with Crippen LogP contribution in [0.2, 0.25) is 0 Å². The van der Waals surface area contributed by atoms with Crippen molar-refractivity contribution < 1.29 is 19.3 Å². The molecule has 1 aliphatic heterocycles. The van der Waals surface area contributed by atoms with Gasteiger partial charge in [0.25, 0.3) is 11.6 Å². The molecule has 156 valence electrons. The molecular formula is C22H23N3O5. The van der Waals surface area contributed by atoms with E-state index in [9.17, 15) is 24.5 Å². The second-order valence-electron chi connectivity index (χ2n) is 7.38. The zero-order valence-corrected chi connectivity index (χ0v) is 17.1. The summed E-state index contributed by atoms with van der Waals surface area (Å²) >= 11 is 0. The third kappa shape index (κ3) is 3.68. The first-order valence-electron chi connectivity index (χ1n) is 9.75. The SMILES string of the molecule is CCc1ccc(CC)c(C(=O)CN2C(=O)NC(C)(c3cccc([N+](=O)[O-])c3)C2=O)c1. The van der Waals surface area contributed by atoms with Crippen molar-refractivity contribution in [2.45, 2.75) is 39.2 Å². The number of amides is 3. The molecular weight excluding hydrogens is 386 g/mol. The molecule has 2 aromatic carbocycles. The van der Waals surface area contributed by atoms with Crippen molar-refractivity contribution in [1.82, 2.24) is 10.2 Å². The molecule has 0 bridgehead atoms. The third-order valence-electron chi connectivity index (χ3n) is 5.47. The summed E-state index contributed by atoms with van der Waals surface area (Å²) < 4.78 is 0. The van der Waals surface area contributed by atoms with Crippen molar-refractivity contribution in [2.24, 2.45) is 0 Å². The van der Waals surface area contributed by atoms with Crippen LogP contribution in [0, 0.1) is 10.1 Å². The molecule has 0 aliphatic carbocycles. The van der Waals surface area contributed by atoms with Gasteiger partial charge in [-0.25, -0.2) is 4.79 Å². The average molecular weight is 409 g/mol. The van der Waals surface area contributed by atoms with Gasteiger partial charge in [-0.1, -0.05) is 38.1 Å². The van der Waals surface area contributed by atoms with E-state index in [1.165, 1.54) is 31.2 Å². The van der Waals surface area contributed by atoms with E-state index in [1.54, 1.807) is 6.07 Å². The smallest absolute Gasteiger partial charge is 0.319 e. The molecule has 30 heavy (non-hydrogen) atoms. The number of imide groups is 1. The molecule has 1 fully saturated rings. The van der Waals surface area contributed by atoms with E-state index in [0.717, 1.165) is 22.4 Å². The van der Waals surface area contributed by atoms with Crippen molar-refractivity contribution in [1.29, 1.82) is 0 Å². The van der Waals surface area contributed by atoms with Gasteiger partial charge in [0, 0.05) is 17.7 Å². The zero-order chi connectivity index (χ0) is 22.1. The lowest BCUT2D eigenvalue weighted by Gasteiger charge is -2.22. The summed E-state index contributed by atoms with van der Waals surface area (Å²) in [6.07, 6.45) is 1.41. The molecule has 1 N–H and O–H groups in total. The summed E-state index contributed by atoms with van der Waals surface area (Å²) in [7, 11) is 0. The molecule has 8 nitrogen and oxygen atoms in total. The van der Waals surface area contributed by atoms with Gasteiger partial charge in [-0.15, -0.1) is 0 Å². The van der Waals surface area contributed by atoms with Crippen LogP contribution in [0.1, 0.15) is 47.8 Å². The highest BCUT2D eigenvalue weighted by molar-refractivity contribution is 6.11. The van der Waals surface area contributed by atoms with Crippen LogP contribution in [0.25, 0.3) is 0 Å². The summed E-state index contributed by atoms with van der Waals surface area (Å²) in [6.45, 7) is 5.00. The second kappa shape index (κ2) is 8.06. The number of nitrogens with zero attached hydrogens (tertiary/aromatic N) is 2. The first-order chi connectivity index (χ1) is 14.2. The van der Waals surface area contributed by atoms with Crippen molar-refractivity contribution in [3.05, 3.63) is 74.8 Å². The number of hydrogen-bond donors (Lipinski definition) is 1. The van der Waals surface area contributed by atoms with Crippen LogP contribution in [-0.4, -0.2) is 34.1 Å². The largest absolute Gasteiger partial charge is 0.325 e. The molecule has 8 heteroatoms. The van der Waals surface area contributed by atoms with Crippen molar-refractivity contribution in [2.75, 3.05) is 6.54 Å². The summed E-state index contributed by atoms with van der Waals surface area (Å²) in [4.78, 5) is 50.0. The lowest BCUT2D eigenvalue weighted by atomic mass is 9.91. The number of aryl methyl sites for hydroxylation is 2. The van der Waals surface area contributed by atoms with Crippen LogP contribution in [0.5, 0.6) is 0 Å². The van der Waals surface area contributed by atoms with E-state index in [1.807, 2.05) is 26.0 Å². The number of nitro groups is 1. The Labute approximate surface area is 174 Å². The maximum atomic E-state index is 13.1. The van der Waals surface area contributed by atoms with Gasteiger partial charge >= 0.3 is 6.03 Å². The van der Waals surface area contributed by atoms with Gasteiger partial charge in [0.05, 0.1) is 11.5 Å². The van der Waals surface area contributed by atoms with E-state index in [2.05, 4.69) is 5.32 Å². The summed E-state index contributed by atoms with van der Waals surface area (Å²) in [6, 6.07) is 10.5. The molecule has 0 radical (unpaired) electrons. The number of nitro benzene ring substituents is 1. The fourth-order valence-electron chi connectivity index (χ4n) is 3.61. The molecule has 1 saturated heterocycles. The first-order valence-corrected chi connectivity index (χ1v) is 9.75. The van der Waals surface area contributed by atoms with Gasteiger partial charge < -0.3 is 5.32 Å². The molecule has 2 aromatic rings. The van der Waals surface area contributed by atoms with Gasteiger partial charge in [0.2, 0.25) is 0 Å². The number of non-ortho nitro benzene ring substituents is 1. The molecule has 3 amide bonds. The Bertz CT molecular complexity index is 1050. The minimum atomic E-state index is -1.48. The Morgan fingerprint density at radius 2 is 1.87 bits per heavy atom. The van der Waals surface area contributed by atoms with E-state index in [0.29, 0.717) is 12.0 Å². The fraction of sp³-hybridized carbons (Fsp3) is 0.318. The van der Waals surface area contributed by atoms with Crippen LogP contribution in [-0.2, 0) is 23.2 Å². The molecule has 1 heterocycles. The molecule has 0 aromatic heterocycles. The quantitative estimate of drug-likeness (QED) is 0.326. The summed E-state index contributed by atoms with van der Waals surface area (Å²) in [5.74, 6) is -0.944. The number of carbonyl (C=O) groups excluding carboxylic acids is 3. The minimum absolute atomic E-state index is 0.186. The standard InChI is InChI=1S/C22H23N3O5/c1-4-14-9-10-15(5-2)18(11-14)19(26)13-24-20(27)22(3,23-21(24)28)16-7-6-8-17(12-16)25(29)30/h6-12H,4-5,13H2,1-3H3,(H,23,28). The summed E-state index contributed by atoms with van der Waals surface area (Å²) in [5.41, 5.74) is 0.963. The van der Waals surface area contributed by atoms with Crippen molar-refractivity contribution in [3.8, 4) is 0 Å². The number of Topliss-reactive ketones (excluding diaryl/α,β-unsaturated/α-hetero) is 1. The Balaban J connectivity index is 1.89. The Kier molecular flexibility index (Phi) is 5.69. The number of nitrogens with one attached hydrogen (secondary N) is 1. The van der Waals surface area contributed by atoms with E-state index >= 15 is 0 Å². The molecule has 3 rings (SSSR count). The van der Waals surface area contributed by atoms with Gasteiger partial charge in [0.1, 0.15) is 5.54 Å². The van der Waals surface area contributed by atoms with Gasteiger partial charge in [-0.05, 0) is 42.5 Å². The third-order valence-corrected chi connectivity index (χ3v) is 5.47. The maximum Gasteiger partial charge on any atom is 0.325 e. The number of ketones is 1. The van der Waals surface area contributed by atoms with Gasteiger partial charge in [0.15, 0.2) is 5.78 Å². The predicted octanol–water partition coefficient (Wildman–Crippen LogP) is 3.37. The maximum absolute atomic E-state index is 13.1. The van der Waals surface area contributed by atoms with Crippen molar-refractivity contribution in [3.63, 3.8) is 0 Å². The lowest BCUT2D eigenvalue weighted by Crippen LogP contribution is -2.41. The minimum Gasteiger partial charge on any atom is -0.319 e. The lowest BCUT2D eigenvalue weighted by molar-refractivity contribution is -0.385. The Morgan fingerprint density at radius 1 is 1.13 bits per heavy atom. The number of hydrogen-bond acceptors (Lipinski definition) is 5. The van der Waals surface area contributed by atoms with Crippen LogP contribution >= 0.6 is 0 Å². The molecule has 1 atom stereocenters.